The van der Waals surface area contributed by atoms with Crippen molar-refractivity contribution in [3.63, 3.8) is 0 Å². The molecule has 1 amide bonds. The van der Waals surface area contributed by atoms with E-state index >= 15 is 0 Å². The molecule has 1 aromatic carbocycles. The first-order chi connectivity index (χ1) is 8.56. The molecule has 0 aliphatic rings. The summed E-state index contributed by atoms with van der Waals surface area (Å²) in [5, 5.41) is 0.184. The van der Waals surface area contributed by atoms with Crippen molar-refractivity contribution in [2.45, 2.75) is 0 Å². The van der Waals surface area contributed by atoms with E-state index in [1.807, 2.05) is 0 Å². The number of ether oxygens (including phenoxy) is 1. The van der Waals surface area contributed by atoms with Crippen molar-refractivity contribution in [3.05, 3.63) is 52.9 Å². The largest absolute Gasteiger partial charge is 0.436 e. The SMILES string of the molecule is NC(=O)c1ccc(Oc2ncc(Cl)cc2F)cc1. The number of halogens is 2. The summed E-state index contributed by atoms with van der Waals surface area (Å²) in [7, 11) is 0. The molecule has 0 bridgehead atoms. The van der Waals surface area contributed by atoms with Crippen molar-refractivity contribution in [2.75, 3.05) is 0 Å². The van der Waals surface area contributed by atoms with Gasteiger partial charge in [-0.15, -0.1) is 0 Å². The lowest BCUT2D eigenvalue weighted by Gasteiger charge is -2.05. The first-order valence-corrected chi connectivity index (χ1v) is 5.33. The van der Waals surface area contributed by atoms with Crippen molar-refractivity contribution in [3.8, 4) is 11.6 Å². The Morgan fingerprint density at radius 1 is 1.33 bits per heavy atom. The molecule has 0 fully saturated rings. The Morgan fingerprint density at radius 3 is 2.56 bits per heavy atom. The van der Waals surface area contributed by atoms with Crippen molar-refractivity contribution in [1.82, 2.24) is 4.98 Å². The van der Waals surface area contributed by atoms with Gasteiger partial charge in [0.15, 0.2) is 5.82 Å². The van der Waals surface area contributed by atoms with Gasteiger partial charge in [-0.25, -0.2) is 9.37 Å². The minimum Gasteiger partial charge on any atom is -0.436 e. The summed E-state index contributed by atoms with van der Waals surface area (Å²) in [6, 6.07) is 7.05. The quantitative estimate of drug-likeness (QED) is 0.929. The van der Waals surface area contributed by atoms with Gasteiger partial charge < -0.3 is 10.5 Å². The average molecular weight is 267 g/mol. The fourth-order valence-corrected chi connectivity index (χ4v) is 1.42. The lowest BCUT2D eigenvalue weighted by molar-refractivity contribution is 0.100. The molecule has 2 rings (SSSR count). The first-order valence-electron chi connectivity index (χ1n) is 4.95. The minimum absolute atomic E-state index is 0.184. The third-order valence-electron chi connectivity index (χ3n) is 2.13. The number of carbonyl (C=O) groups is 1. The van der Waals surface area contributed by atoms with Crippen LogP contribution in [0, 0.1) is 5.82 Å². The topological polar surface area (TPSA) is 65.2 Å². The molecule has 92 valence electrons. The molecule has 4 nitrogen and oxygen atoms in total. The highest BCUT2D eigenvalue weighted by Gasteiger charge is 2.08. The number of hydrogen-bond donors (Lipinski definition) is 1. The second-order valence-corrected chi connectivity index (χ2v) is 3.87. The number of pyridine rings is 1. The molecule has 0 spiro atoms. The van der Waals surface area contributed by atoms with Gasteiger partial charge in [-0.3, -0.25) is 4.79 Å². The Bertz CT molecular complexity index is 587. The molecule has 0 saturated heterocycles. The summed E-state index contributed by atoms with van der Waals surface area (Å²) in [4.78, 5) is 14.6. The number of amides is 1. The van der Waals surface area contributed by atoms with Gasteiger partial charge in [-0.05, 0) is 30.3 Å². The van der Waals surface area contributed by atoms with Crippen LogP contribution in [-0.2, 0) is 0 Å². The van der Waals surface area contributed by atoms with Gasteiger partial charge in [0.1, 0.15) is 5.75 Å². The zero-order valence-electron chi connectivity index (χ0n) is 9.06. The summed E-state index contributed by atoms with van der Waals surface area (Å²) in [5.74, 6) is -1.06. The molecular weight excluding hydrogens is 259 g/mol. The number of hydrogen-bond acceptors (Lipinski definition) is 3. The molecule has 6 heteroatoms. The maximum atomic E-state index is 13.4. The van der Waals surface area contributed by atoms with Crippen LogP contribution in [0.3, 0.4) is 0 Å². The third kappa shape index (κ3) is 2.75. The van der Waals surface area contributed by atoms with Gasteiger partial charge >= 0.3 is 0 Å². The van der Waals surface area contributed by atoms with Crippen molar-refractivity contribution in [2.24, 2.45) is 5.73 Å². The van der Waals surface area contributed by atoms with Gasteiger partial charge in [-0.1, -0.05) is 11.6 Å². The van der Waals surface area contributed by atoms with Crippen LogP contribution in [-0.4, -0.2) is 10.9 Å². The highest BCUT2D eigenvalue weighted by Crippen LogP contribution is 2.24. The lowest BCUT2D eigenvalue weighted by atomic mass is 10.2. The number of rotatable bonds is 3. The summed E-state index contributed by atoms with van der Waals surface area (Å²) in [6.45, 7) is 0. The second-order valence-electron chi connectivity index (χ2n) is 3.43. The van der Waals surface area contributed by atoms with Gasteiger partial charge in [0.25, 0.3) is 5.88 Å². The van der Waals surface area contributed by atoms with E-state index in [9.17, 15) is 9.18 Å². The van der Waals surface area contributed by atoms with Crippen molar-refractivity contribution in [1.29, 1.82) is 0 Å². The fraction of sp³-hybridized carbons (Fsp3) is 0. The number of nitrogens with two attached hydrogens (primary N) is 1. The maximum Gasteiger partial charge on any atom is 0.255 e. The average Bonchev–Trinajstić information content (AvgIpc) is 2.33. The van der Waals surface area contributed by atoms with E-state index < -0.39 is 11.7 Å². The molecule has 0 saturated carbocycles. The zero-order chi connectivity index (χ0) is 13.1. The molecule has 0 unspecified atom stereocenters. The molecule has 0 radical (unpaired) electrons. The van der Waals surface area contributed by atoms with Gasteiger partial charge in [0.05, 0.1) is 5.02 Å². The number of aromatic nitrogens is 1. The molecule has 2 aromatic rings. The summed E-state index contributed by atoms with van der Waals surface area (Å²) in [5.41, 5.74) is 5.43. The van der Waals surface area contributed by atoms with Gasteiger partial charge in [0, 0.05) is 11.8 Å². The lowest BCUT2D eigenvalue weighted by Crippen LogP contribution is -2.10. The van der Waals surface area contributed by atoms with Crippen LogP contribution in [0.5, 0.6) is 11.6 Å². The fourth-order valence-electron chi connectivity index (χ4n) is 1.28. The van der Waals surface area contributed by atoms with E-state index in [1.165, 1.54) is 30.5 Å². The maximum absolute atomic E-state index is 13.4. The number of primary amides is 1. The first kappa shape index (κ1) is 12.3. The van der Waals surface area contributed by atoms with Crippen LogP contribution in [0.1, 0.15) is 10.4 Å². The molecule has 18 heavy (non-hydrogen) atoms. The number of benzene rings is 1. The van der Waals surface area contributed by atoms with Gasteiger partial charge in [0.2, 0.25) is 5.91 Å². The highest BCUT2D eigenvalue weighted by atomic mass is 35.5. The Hall–Kier alpha value is -2.14. The van der Waals surface area contributed by atoms with Crippen LogP contribution >= 0.6 is 11.6 Å². The van der Waals surface area contributed by atoms with Gasteiger partial charge in [-0.2, -0.15) is 0 Å². The van der Waals surface area contributed by atoms with E-state index in [4.69, 9.17) is 22.1 Å². The van der Waals surface area contributed by atoms with Crippen LogP contribution in [0.2, 0.25) is 5.02 Å². The molecular formula is C12H8ClFN2O2. The number of carbonyl (C=O) groups excluding carboxylic acids is 1. The number of nitrogens with zero attached hydrogens (tertiary/aromatic N) is 1. The third-order valence-corrected chi connectivity index (χ3v) is 2.33. The predicted molar refractivity (Wildman–Crippen MR) is 64.2 cm³/mol. The highest BCUT2D eigenvalue weighted by molar-refractivity contribution is 6.30. The van der Waals surface area contributed by atoms with Crippen LogP contribution in [0.25, 0.3) is 0 Å². The van der Waals surface area contributed by atoms with Crippen LogP contribution in [0.4, 0.5) is 4.39 Å². The van der Waals surface area contributed by atoms with E-state index in [2.05, 4.69) is 4.98 Å². The smallest absolute Gasteiger partial charge is 0.255 e. The monoisotopic (exact) mass is 266 g/mol. The van der Waals surface area contributed by atoms with Crippen molar-refractivity contribution >= 4 is 17.5 Å². The Morgan fingerprint density at radius 2 is 2.00 bits per heavy atom. The van der Waals surface area contributed by atoms with E-state index in [-0.39, 0.29) is 10.9 Å². The van der Waals surface area contributed by atoms with Crippen LogP contribution in [0.15, 0.2) is 36.5 Å². The standard InChI is InChI=1S/C12H8ClFN2O2/c13-8-5-10(14)12(16-6-8)18-9-3-1-7(2-4-9)11(15)17/h1-6H,(H2,15,17). The Kier molecular flexibility index (Phi) is 3.43. The predicted octanol–water partition coefficient (Wildman–Crippen LogP) is 2.77. The molecule has 0 atom stereocenters. The Balaban J connectivity index is 2.21. The second kappa shape index (κ2) is 5.01. The van der Waals surface area contributed by atoms with E-state index in [0.717, 1.165) is 6.07 Å². The molecule has 1 heterocycles. The van der Waals surface area contributed by atoms with Crippen LogP contribution < -0.4 is 10.5 Å². The minimum atomic E-state index is -0.665. The summed E-state index contributed by atoms with van der Waals surface area (Å²) in [6.07, 6.45) is 1.28. The Labute approximate surface area is 107 Å². The zero-order valence-corrected chi connectivity index (χ0v) is 9.82. The van der Waals surface area contributed by atoms with E-state index in [1.54, 1.807) is 0 Å². The van der Waals surface area contributed by atoms with E-state index in [0.29, 0.717) is 11.3 Å². The molecule has 0 aliphatic carbocycles. The normalized spacial score (nSPS) is 10.1. The molecule has 2 N–H and O–H groups in total. The molecule has 0 aliphatic heterocycles. The molecule has 1 aromatic heterocycles. The summed E-state index contributed by atoms with van der Waals surface area (Å²) < 4.78 is 18.6. The summed E-state index contributed by atoms with van der Waals surface area (Å²) >= 11 is 5.57. The van der Waals surface area contributed by atoms with Crippen molar-refractivity contribution < 1.29 is 13.9 Å².